The van der Waals surface area contributed by atoms with Crippen LogP contribution < -0.4 is 11.1 Å². The molecule has 0 fully saturated rings. The van der Waals surface area contributed by atoms with E-state index in [4.69, 9.17) is 5.73 Å². The van der Waals surface area contributed by atoms with Gasteiger partial charge in [0, 0.05) is 19.3 Å². The largest absolute Gasteiger partial charge is 0.354 e. The number of carbonyl (C=O) groups excluding carboxylic acids is 1. The van der Waals surface area contributed by atoms with Crippen molar-refractivity contribution in [3.8, 4) is 0 Å². The summed E-state index contributed by atoms with van der Waals surface area (Å²) in [7, 11) is 1.92. The quantitative estimate of drug-likeness (QED) is 0.826. The van der Waals surface area contributed by atoms with E-state index >= 15 is 0 Å². The van der Waals surface area contributed by atoms with Crippen LogP contribution in [0.4, 0.5) is 0 Å². The van der Waals surface area contributed by atoms with E-state index in [1.807, 2.05) is 25.6 Å². The van der Waals surface area contributed by atoms with E-state index in [2.05, 4.69) is 10.4 Å². The van der Waals surface area contributed by atoms with Gasteiger partial charge in [-0.1, -0.05) is 0 Å². The van der Waals surface area contributed by atoms with Gasteiger partial charge in [-0.2, -0.15) is 5.10 Å². The van der Waals surface area contributed by atoms with Gasteiger partial charge in [-0.25, -0.2) is 0 Å². The van der Waals surface area contributed by atoms with Crippen LogP contribution >= 0.6 is 12.4 Å². The average Bonchev–Trinajstić information content (AvgIpc) is 2.44. The molecule has 0 aliphatic heterocycles. The third kappa shape index (κ3) is 4.02. The van der Waals surface area contributed by atoms with Crippen molar-refractivity contribution in [2.75, 3.05) is 6.54 Å². The van der Waals surface area contributed by atoms with Gasteiger partial charge in [0.15, 0.2) is 0 Å². The zero-order chi connectivity index (χ0) is 12.3. The Morgan fingerprint density at radius 1 is 1.53 bits per heavy atom. The maximum atomic E-state index is 11.3. The van der Waals surface area contributed by atoms with E-state index < -0.39 is 6.04 Å². The van der Waals surface area contributed by atoms with Crippen molar-refractivity contribution in [3.05, 3.63) is 17.0 Å². The lowest BCUT2D eigenvalue weighted by Gasteiger charge is -2.07. The Bertz CT molecular complexity index is 387. The predicted octanol–water partition coefficient (Wildman–Crippen LogP) is 0.465. The Labute approximate surface area is 108 Å². The van der Waals surface area contributed by atoms with Crippen molar-refractivity contribution < 1.29 is 4.79 Å². The number of aryl methyl sites for hydroxylation is 2. The van der Waals surface area contributed by atoms with Crippen molar-refractivity contribution in [1.82, 2.24) is 15.1 Å². The maximum absolute atomic E-state index is 11.3. The molecule has 1 rings (SSSR count). The van der Waals surface area contributed by atoms with Gasteiger partial charge in [0.2, 0.25) is 5.91 Å². The lowest BCUT2D eigenvalue weighted by molar-refractivity contribution is -0.121. The molecule has 0 aliphatic carbocycles. The molecule has 3 N–H and O–H groups in total. The molecular formula is C11H21ClN4O. The van der Waals surface area contributed by atoms with Crippen molar-refractivity contribution in [1.29, 1.82) is 0 Å². The highest BCUT2D eigenvalue weighted by molar-refractivity contribution is 5.85. The summed E-state index contributed by atoms with van der Waals surface area (Å²) in [6, 6.07) is -0.448. The number of nitrogens with zero attached hydrogens (tertiary/aromatic N) is 2. The van der Waals surface area contributed by atoms with E-state index in [9.17, 15) is 4.79 Å². The smallest absolute Gasteiger partial charge is 0.236 e. The molecule has 17 heavy (non-hydrogen) atoms. The Kier molecular flexibility index (Phi) is 6.20. The molecule has 0 saturated heterocycles. The van der Waals surface area contributed by atoms with Crippen LogP contribution in [0.25, 0.3) is 0 Å². The van der Waals surface area contributed by atoms with Crippen molar-refractivity contribution >= 4 is 18.3 Å². The molecule has 0 radical (unpaired) electrons. The van der Waals surface area contributed by atoms with Gasteiger partial charge in [-0.15, -0.1) is 12.4 Å². The molecule has 0 aromatic carbocycles. The predicted molar refractivity (Wildman–Crippen MR) is 70.3 cm³/mol. The number of carbonyl (C=O) groups is 1. The fraction of sp³-hybridized carbons (Fsp3) is 0.636. The number of nitrogens with one attached hydrogen (secondary N) is 1. The number of hydrogen-bond acceptors (Lipinski definition) is 3. The summed E-state index contributed by atoms with van der Waals surface area (Å²) in [5.41, 5.74) is 8.82. The summed E-state index contributed by atoms with van der Waals surface area (Å²) in [5.74, 6) is -0.112. The normalized spacial score (nSPS) is 11.8. The van der Waals surface area contributed by atoms with Gasteiger partial charge < -0.3 is 11.1 Å². The zero-order valence-corrected chi connectivity index (χ0v) is 11.6. The topological polar surface area (TPSA) is 72.9 Å². The van der Waals surface area contributed by atoms with E-state index in [-0.39, 0.29) is 18.3 Å². The molecule has 6 heteroatoms. The Morgan fingerprint density at radius 3 is 2.53 bits per heavy atom. The lowest BCUT2D eigenvalue weighted by Crippen LogP contribution is -2.39. The first-order chi connectivity index (χ1) is 7.43. The second-order valence-electron chi connectivity index (χ2n) is 4.10. The van der Waals surface area contributed by atoms with Gasteiger partial charge in [-0.05, 0) is 32.8 Å². The van der Waals surface area contributed by atoms with Crippen LogP contribution in [0, 0.1) is 13.8 Å². The number of amides is 1. The van der Waals surface area contributed by atoms with Crippen molar-refractivity contribution in [2.45, 2.75) is 33.2 Å². The minimum absolute atomic E-state index is 0. The third-order valence-corrected chi connectivity index (χ3v) is 2.75. The molecule has 0 aliphatic rings. The number of hydrogen-bond donors (Lipinski definition) is 2. The lowest BCUT2D eigenvalue weighted by atomic mass is 10.1. The van der Waals surface area contributed by atoms with E-state index in [0.29, 0.717) is 6.54 Å². The van der Waals surface area contributed by atoms with Gasteiger partial charge >= 0.3 is 0 Å². The fourth-order valence-electron chi connectivity index (χ4n) is 1.65. The minimum atomic E-state index is -0.448. The summed E-state index contributed by atoms with van der Waals surface area (Å²) in [6.07, 6.45) is 0.796. The molecule has 1 aromatic rings. The molecule has 1 aromatic heterocycles. The second-order valence-corrected chi connectivity index (χ2v) is 4.10. The molecule has 5 nitrogen and oxygen atoms in total. The molecule has 0 spiro atoms. The molecular weight excluding hydrogens is 240 g/mol. The number of rotatable bonds is 4. The zero-order valence-electron chi connectivity index (χ0n) is 10.8. The Hall–Kier alpha value is -1.07. The molecule has 98 valence electrons. The first-order valence-corrected chi connectivity index (χ1v) is 5.46. The van der Waals surface area contributed by atoms with Crippen molar-refractivity contribution in [3.63, 3.8) is 0 Å². The molecule has 0 bridgehead atoms. The first-order valence-electron chi connectivity index (χ1n) is 5.46. The van der Waals surface area contributed by atoms with Gasteiger partial charge in [0.25, 0.3) is 0 Å². The van der Waals surface area contributed by atoms with Crippen LogP contribution in [0.2, 0.25) is 0 Å². The molecule has 1 atom stereocenters. The monoisotopic (exact) mass is 260 g/mol. The van der Waals surface area contributed by atoms with Gasteiger partial charge in [0.05, 0.1) is 11.7 Å². The highest BCUT2D eigenvalue weighted by Gasteiger charge is 2.10. The minimum Gasteiger partial charge on any atom is -0.354 e. The number of halogens is 1. The fourth-order valence-corrected chi connectivity index (χ4v) is 1.65. The maximum Gasteiger partial charge on any atom is 0.236 e. The van der Waals surface area contributed by atoms with Crippen molar-refractivity contribution in [2.24, 2.45) is 12.8 Å². The van der Waals surface area contributed by atoms with E-state index in [1.165, 1.54) is 5.56 Å². The Morgan fingerprint density at radius 2 is 2.12 bits per heavy atom. The molecule has 1 amide bonds. The number of aromatic nitrogens is 2. The molecule has 0 unspecified atom stereocenters. The van der Waals surface area contributed by atoms with Crippen LogP contribution in [-0.2, 0) is 18.3 Å². The highest BCUT2D eigenvalue weighted by Crippen LogP contribution is 2.11. The standard InChI is InChI=1S/C11H20N4O.ClH/c1-7(12)11(16)13-6-5-10-8(2)14-15(4)9(10)3;/h7H,5-6,12H2,1-4H3,(H,13,16);1H/t7-;/m1./s1. The first kappa shape index (κ1) is 15.9. The van der Waals surface area contributed by atoms with Gasteiger partial charge in [-0.3, -0.25) is 9.48 Å². The van der Waals surface area contributed by atoms with Crippen LogP contribution in [0.1, 0.15) is 23.9 Å². The second kappa shape index (κ2) is 6.61. The third-order valence-electron chi connectivity index (χ3n) is 2.75. The Balaban J connectivity index is 0.00000256. The summed E-state index contributed by atoms with van der Waals surface area (Å²) in [4.78, 5) is 11.3. The van der Waals surface area contributed by atoms with E-state index in [0.717, 1.165) is 17.8 Å². The van der Waals surface area contributed by atoms with Gasteiger partial charge in [0.1, 0.15) is 0 Å². The SMILES string of the molecule is Cc1nn(C)c(C)c1CCNC(=O)[C@@H](C)N.Cl. The average molecular weight is 261 g/mol. The summed E-state index contributed by atoms with van der Waals surface area (Å²) >= 11 is 0. The highest BCUT2D eigenvalue weighted by atomic mass is 35.5. The van der Waals surface area contributed by atoms with Crippen LogP contribution in [0.15, 0.2) is 0 Å². The molecule has 1 heterocycles. The van der Waals surface area contributed by atoms with Crippen LogP contribution in [0.5, 0.6) is 0 Å². The summed E-state index contributed by atoms with van der Waals surface area (Å²) in [5, 5.41) is 7.12. The van der Waals surface area contributed by atoms with E-state index in [1.54, 1.807) is 6.92 Å². The number of nitrogens with two attached hydrogens (primary N) is 1. The van der Waals surface area contributed by atoms with Crippen LogP contribution in [0.3, 0.4) is 0 Å². The summed E-state index contributed by atoms with van der Waals surface area (Å²) < 4.78 is 1.86. The van der Waals surface area contributed by atoms with Crippen LogP contribution in [-0.4, -0.2) is 28.3 Å². The summed E-state index contributed by atoms with van der Waals surface area (Å²) in [6.45, 7) is 6.29. The molecule has 0 saturated carbocycles.